The Morgan fingerprint density at radius 3 is 2.64 bits per heavy atom. The number of rotatable bonds is 7. The van der Waals surface area contributed by atoms with Crippen molar-refractivity contribution >= 4 is 45.5 Å². The molecule has 7 heteroatoms. The molecule has 0 radical (unpaired) electrons. The van der Waals surface area contributed by atoms with Crippen molar-refractivity contribution in [1.82, 2.24) is 9.80 Å². The van der Waals surface area contributed by atoms with Gasteiger partial charge in [0.15, 0.2) is 0 Å². The van der Waals surface area contributed by atoms with E-state index < -0.39 is 0 Å². The maximum absolute atomic E-state index is 13.8. The van der Waals surface area contributed by atoms with E-state index in [2.05, 4.69) is 11.4 Å². The Hall–Kier alpha value is -3.19. The standard InChI is InChI=1S/C29H27ClN2O3S/c1-35-17-16-31(29(34)24-8-4-6-20-5-2-3-7-23(20)24)19-27(33)32-15-13-26-25(14-18-36-26)28(32)21-9-11-22(30)12-10-21/h2-12,14,18,28H,13,15-17,19H2,1H3/t28-/m1/s1. The van der Waals surface area contributed by atoms with E-state index in [1.165, 1.54) is 4.88 Å². The third-order valence-electron chi connectivity index (χ3n) is 6.67. The van der Waals surface area contributed by atoms with E-state index in [0.717, 1.165) is 28.3 Å². The molecule has 0 saturated carbocycles. The van der Waals surface area contributed by atoms with Crippen molar-refractivity contribution in [2.24, 2.45) is 0 Å². The molecule has 184 valence electrons. The van der Waals surface area contributed by atoms with Crippen molar-refractivity contribution in [3.05, 3.63) is 105 Å². The number of hydrogen-bond acceptors (Lipinski definition) is 4. The molecule has 1 aliphatic heterocycles. The molecule has 0 spiro atoms. The first-order valence-corrected chi connectivity index (χ1v) is 13.2. The highest BCUT2D eigenvalue weighted by Gasteiger charge is 2.34. The number of ether oxygens (including phenoxy) is 1. The minimum Gasteiger partial charge on any atom is -0.383 e. The molecule has 5 nitrogen and oxygen atoms in total. The monoisotopic (exact) mass is 518 g/mol. The number of hydrogen-bond donors (Lipinski definition) is 0. The van der Waals surface area contributed by atoms with Gasteiger partial charge in [-0.25, -0.2) is 0 Å². The Kier molecular flexibility index (Phi) is 7.37. The van der Waals surface area contributed by atoms with Gasteiger partial charge in [-0.05, 0) is 58.0 Å². The largest absolute Gasteiger partial charge is 0.383 e. The number of methoxy groups -OCH3 is 1. The van der Waals surface area contributed by atoms with Crippen molar-refractivity contribution in [3.63, 3.8) is 0 Å². The van der Waals surface area contributed by atoms with Crippen LogP contribution in [-0.4, -0.2) is 55.0 Å². The van der Waals surface area contributed by atoms with E-state index in [9.17, 15) is 9.59 Å². The minimum atomic E-state index is -0.207. The highest BCUT2D eigenvalue weighted by Crippen LogP contribution is 2.38. The van der Waals surface area contributed by atoms with Crippen LogP contribution < -0.4 is 0 Å². The third-order valence-corrected chi connectivity index (χ3v) is 7.92. The van der Waals surface area contributed by atoms with Crippen LogP contribution in [0, 0.1) is 0 Å². The molecular formula is C29H27ClN2O3S. The first kappa shape index (κ1) is 24.5. The second kappa shape index (κ2) is 10.8. The summed E-state index contributed by atoms with van der Waals surface area (Å²) in [6, 6.07) is 23.1. The van der Waals surface area contributed by atoms with Crippen molar-refractivity contribution in [2.75, 3.05) is 33.4 Å². The summed E-state index contributed by atoms with van der Waals surface area (Å²) in [5, 5.41) is 4.60. The Bertz CT molecular complexity index is 1380. The number of nitrogens with zero attached hydrogens (tertiary/aromatic N) is 2. The maximum atomic E-state index is 13.8. The molecule has 2 heterocycles. The van der Waals surface area contributed by atoms with Crippen LogP contribution in [0.2, 0.25) is 5.02 Å². The van der Waals surface area contributed by atoms with Gasteiger partial charge < -0.3 is 14.5 Å². The number of amides is 2. The summed E-state index contributed by atoms with van der Waals surface area (Å²) >= 11 is 7.87. The predicted molar refractivity (Wildman–Crippen MR) is 145 cm³/mol. The number of halogens is 1. The highest BCUT2D eigenvalue weighted by atomic mass is 35.5. The summed E-state index contributed by atoms with van der Waals surface area (Å²) < 4.78 is 5.28. The van der Waals surface area contributed by atoms with Crippen molar-refractivity contribution in [1.29, 1.82) is 0 Å². The zero-order valence-electron chi connectivity index (χ0n) is 20.0. The fraction of sp³-hybridized carbons (Fsp3) is 0.241. The van der Waals surface area contributed by atoms with Gasteiger partial charge in [0, 0.05) is 35.7 Å². The Morgan fingerprint density at radius 1 is 1.06 bits per heavy atom. The molecule has 0 unspecified atom stereocenters. The molecule has 0 N–H and O–H groups in total. The van der Waals surface area contributed by atoms with E-state index in [-0.39, 0.29) is 24.4 Å². The summed E-state index contributed by atoms with van der Waals surface area (Å²) in [4.78, 5) is 32.3. The summed E-state index contributed by atoms with van der Waals surface area (Å²) in [5.41, 5.74) is 2.74. The lowest BCUT2D eigenvalue weighted by molar-refractivity contribution is -0.134. The van der Waals surface area contributed by atoms with Crippen molar-refractivity contribution in [2.45, 2.75) is 12.5 Å². The number of carbonyl (C=O) groups excluding carboxylic acids is 2. The van der Waals surface area contributed by atoms with Crippen LogP contribution in [0.15, 0.2) is 78.2 Å². The fourth-order valence-corrected chi connectivity index (χ4v) is 5.91. The predicted octanol–water partition coefficient (Wildman–Crippen LogP) is 5.82. The first-order valence-electron chi connectivity index (χ1n) is 11.9. The van der Waals surface area contributed by atoms with Crippen molar-refractivity contribution < 1.29 is 14.3 Å². The fourth-order valence-electron chi connectivity index (χ4n) is 4.88. The lowest BCUT2D eigenvalue weighted by Crippen LogP contribution is -2.47. The number of benzene rings is 3. The Balaban J connectivity index is 1.45. The zero-order valence-corrected chi connectivity index (χ0v) is 21.6. The summed E-state index contributed by atoms with van der Waals surface area (Å²) in [7, 11) is 1.60. The quantitative estimate of drug-likeness (QED) is 0.310. The van der Waals surface area contributed by atoms with Gasteiger partial charge >= 0.3 is 0 Å². The van der Waals surface area contributed by atoms with Crippen LogP contribution in [0.4, 0.5) is 0 Å². The number of thiophene rings is 1. The summed E-state index contributed by atoms with van der Waals surface area (Å²) in [5.74, 6) is -0.259. The molecule has 5 rings (SSSR count). The van der Waals surface area contributed by atoms with E-state index >= 15 is 0 Å². The van der Waals surface area contributed by atoms with Gasteiger partial charge in [0.1, 0.15) is 6.54 Å². The molecule has 36 heavy (non-hydrogen) atoms. The smallest absolute Gasteiger partial charge is 0.255 e. The van der Waals surface area contributed by atoms with Gasteiger partial charge in [0.05, 0.1) is 12.6 Å². The van der Waals surface area contributed by atoms with Crippen LogP contribution in [0.1, 0.15) is 32.4 Å². The molecule has 1 aliphatic rings. The molecule has 4 aromatic rings. The Morgan fingerprint density at radius 2 is 1.83 bits per heavy atom. The molecule has 0 bridgehead atoms. The average molecular weight is 519 g/mol. The Labute approximate surface area is 219 Å². The topological polar surface area (TPSA) is 49.9 Å². The van der Waals surface area contributed by atoms with Crippen molar-refractivity contribution in [3.8, 4) is 0 Å². The summed E-state index contributed by atoms with van der Waals surface area (Å²) in [6.07, 6.45) is 0.804. The molecular weight excluding hydrogens is 492 g/mol. The van der Waals surface area contributed by atoms with Crippen LogP contribution in [0.3, 0.4) is 0 Å². The molecule has 2 amide bonds. The van der Waals surface area contributed by atoms with Gasteiger partial charge in [-0.1, -0.05) is 60.1 Å². The van der Waals surface area contributed by atoms with E-state index in [0.29, 0.717) is 30.3 Å². The molecule has 3 aromatic carbocycles. The normalized spacial score (nSPS) is 15.1. The maximum Gasteiger partial charge on any atom is 0.255 e. The first-order chi connectivity index (χ1) is 17.6. The van der Waals surface area contributed by atoms with E-state index in [1.807, 2.05) is 71.6 Å². The number of carbonyl (C=O) groups is 2. The van der Waals surface area contributed by atoms with Crippen LogP contribution in [-0.2, 0) is 16.0 Å². The number of fused-ring (bicyclic) bond motifs is 2. The van der Waals surface area contributed by atoms with Gasteiger partial charge in [-0.15, -0.1) is 11.3 Å². The molecule has 0 saturated heterocycles. The summed E-state index contributed by atoms with van der Waals surface area (Å²) in [6.45, 7) is 1.25. The molecule has 1 atom stereocenters. The minimum absolute atomic E-state index is 0.0189. The zero-order chi connectivity index (χ0) is 25.1. The van der Waals surface area contributed by atoms with Crippen LogP contribution in [0.25, 0.3) is 10.8 Å². The molecule has 1 aromatic heterocycles. The van der Waals surface area contributed by atoms with Gasteiger partial charge in [0.25, 0.3) is 5.91 Å². The lowest BCUT2D eigenvalue weighted by atomic mass is 9.93. The average Bonchev–Trinajstić information content (AvgIpc) is 3.39. The SMILES string of the molecule is COCCN(CC(=O)N1CCc2sccc2[C@H]1c1ccc(Cl)cc1)C(=O)c1cccc2ccccc12. The van der Waals surface area contributed by atoms with Crippen LogP contribution in [0.5, 0.6) is 0 Å². The second-order valence-electron chi connectivity index (χ2n) is 8.84. The highest BCUT2D eigenvalue weighted by molar-refractivity contribution is 7.10. The van der Waals surface area contributed by atoms with Gasteiger partial charge in [-0.2, -0.15) is 0 Å². The third kappa shape index (κ3) is 4.89. The molecule has 0 fully saturated rings. The van der Waals surface area contributed by atoms with Gasteiger partial charge in [0.2, 0.25) is 5.91 Å². The van der Waals surface area contributed by atoms with E-state index in [4.69, 9.17) is 16.3 Å². The van der Waals surface area contributed by atoms with Gasteiger partial charge in [-0.3, -0.25) is 9.59 Å². The lowest BCUT2D eigenvalue weighted by Gasteiger charge is -2.37. The van der Waals surface area contributed by atoms with Crippen LogP contribution >= 0.6 is 22.9 Å². The second-order valence-corrected chi connectivity index (χ2v) is 10.3. The molecule has 0 aliphatic carbocycles. The van der Waals surface area contributed by atoms with E-state index in [1.54, 1.807) is 23.3 Å².